The molecule has 0 saturated carbocycles. The van der Waals surface area contributed by atoms with Crippen LogP contribution in [0.4, 0.5) is 10.1 Å². The number of hydrogen-bond acceptors (Lipinski definition) is 3. The monoisotopic (exact) mass is 377 g/mol. The van der Waals surface area contributed by atoms with Crippen LogP contribution in [-0.4, -0.2) is 35.8 Å². The molecule has 0 aromatic heterocycles. The van der Waals surface area contributed by atoms with Gasteiger partial charge in [0.15, 0.2) is 0 Å². The first-order valence-corrected chi connectivity index (χ1v) is 8.04. The molecule has 1 unspecified atom stereocenters. The lowest BCUT2D eigenvalue weighted by Crippen LogP contribution is -2.42. The van der Waals surface area contributed by atoms with E-state index in [0.29, 0.717) is 38.0 Å². The average molecular weight is 378 g/mol. The van der Waals surface area contributed by atoms with Crippen molar-refractivity contribution < 1.29 is 14.0 Å². The summed E-state index contributed by atoms with van der Waals surface area (Å²) < 4.78 is 13.1. The number of carbonyl (C=O) groups is 2. The molecule has 24 heavy (non-hydrogen) atoms. The molecule has 1 aromatic carbocycles. The van der Waals surface area contributed by atoms with Crippen LogP contribution >= 0.6 is 24.0 Å². The number of rotatable bonds is 4. The zero-order valence-electron chi connectivity index (χ0n) is 13.4. The number of nitrogens with two attached hydrogens (primary N) is 1. The first-order valence-electron chi connectivity index (χ1n) is 7.66. The van der Waals surface area contributed by atoms with Crippen molar-refractivity contribution in [3.63, 3.8) is 0 Å². The van der Waals surface area contributed by atoms with Crippen molar-refractivity contribution in [2.75, 3.05) is 18.4 Å². The van der Waals surface area contributed by atoms with Gasteiger partial charge in [0.05, 0.1) is 5.02 Å². The SMILES string of the molecule is CC(N)CC(=O)N1CCC(C(=O)Nc2ccc(F)c(Cl)c2)CC1.Cl. The average Bonchev–Trinajstić information content (AvgIpc) is 2.50. The summed E-state index contributed by atoms with van der Waals surface area (Å²) in [6.45, 7) is 2.90. The highest BCUT2D eigenvalue weighted by Crippen LogP contribution is 2.23. The highest BCUT2D eigenvalue weighted by atomic mass is 35.5. The quantitative estimate of drug-likeness (QED) is 0.846. The molecule has 1 saturated heterocycles. The number of hydrogen-bond donors (Lipinski definition) is 2. The molecule has 1 aromatic rings. The molecule has 2 rings (SSSR count). The summed E-state index contributed by atoms with van der Waals surface area (Å²) in [5.41, 5.74) is 6.10. The Bertz CT molecular complexity index is 591. The van der Waals surface area contributed by atoms with Gasteiger partial charge in [-0.25, -0.2) is 4.39 Å². The fourth-order valence-corrected chi connectivity index (χ4v) is 2.79. The first-order chi connectivity index (χ1) is 10.9. The minimum atomic E-state index is -0.523. The third kappa shape index (κ3) is 5.61. The molecule has 1 fully saturated rings. The molecule has 1 atom stereocenters. The number of benzene rings is 1. The molecule has 3 N–H and O–H groups in total. The van der Waals surface area contributed by atoms with Gasteiger partial charge in [0, 0.05) is 37.2 Å². The topological polar surface area (TPSA) is 75.4 Å². The standard InChI is InChI=1S/C16H21ClFN3O2.ClH/c1-10(19)8-15(22)21-6-4-11(5-7-21)16(23)20-12-2-3-14(18)13(17)9-12;/h2-3,9-11H,4-8,19H2,1H3,(H,20,23);1H. The lowest BCUT2D eigenvalue weighted by atomic mass is 9.95. The van der Waals surface area contributed by atoms with Crippen molar-refractivity contribution in [2.24, 2.45) is 11.7 Å². The summed E-state index contributed by atoms with van der Waals surface area (Å²) in [7, 11) is 0. The number of amides is 2. The van der Waals surface area contributed by atoms with Gasteiger partial charge < -0.3 is 16.0 Å². The second-order valence-corrected chi connectivity index (χ2v) is 6.36. The Hall–Kier alpha value is -1.37. The van der Waals surface area contributed by atoms with Gasteiger partial charge in [-0.2, -0.15) is 0 Å². The molecule has 0 radical (unpaired) electrons. The predicted molar refractivity (Wildman–Crippen MR) is 94.9 cm³/mol. The molecular formula is C16H22Cl2FN3O2. The highest BCUT2D eigenvalue weighted by molar-refractivity contribution is 6.31. The summed E-state index contributed by atoms with van der Waals surface area (Å²) >= 11 is 5.70. The molecule has 1 aliphatic rings. The zero-order chi connectivity index (χ0) is 17.0. The Labute approximate surface area is 152 Å². The summed E-state index contributed by atoms with van der Waals surface area (Å²) in [6, 6.07) is 3.91. The number of likely N-dealkylation sites (tertiary alicyclic amines) is 1. The first kappa shape index (κ1) is 20.7. The maximum absolute atomic E-state index is 13.1. The van der Waals surface area contributed by atoms with E-state index in [1.807, 2.05) is 0 Å². The second-order valence-electron chi connectivity index (χ2n) is 5.95. The molecule has 1 aliphatic heterocycles. The van der Waals surface area contributed by atoms with Crippen LogP contribution in [0.15, 0.2) is 18.2 Å². The van der Waals surface area contributed by atoms with Crippen molar-refractivity contribution in [3.8, 4) is 0 Å². The van der Waals surface area contributed by atoms with Crippen molar-refractivity contribution in [1.29, 1.82) is 0 Å². The van der Waals surface area contributed by atoms with Crippen LogP contribution in [-0.2, 0) is 9.59 Å². The Kier molecular flexibility index (Phi) is 7.93. The summed E-state index contributed by atoms with van der Waals surface area (Å²) in [4.78, 5) is 25.9. The molecule has 0 bridgehead atoms. The van der Waals surface area contributed by atoms with E-state index in [9.17, 15) is 14.0 Å². The van der Waals surface area contributed by atoms with Gasteiger partial charge >= 0.3 is 0 Å². The predicted octanol–water partition coefficient (Wildman–Crippen LogP) is 2.82. The molecule has 0 spiro atoms. The maximum atomic E-state index is 13.1. The van der Waals surface area contributed by atoms with Crippen LogP contribution < -0.4 is 11.1 Å². The van der Waals surface area contributed by atoms with E-state index in [0.717, 1.165) is 0 Å². The van der Waals surface area contributed by atoms with Crippen molar-refractivity contribution >= 4 is 41.5 Å². The molecule has 134 valence electrons. The molecule has 2 amide bonds. The minimum absolute atomic E-state index is 0. The Morgan fingerprint density at radius 3 is 2.58 bits per heavy atom. The Balaban J connectivity index is 0.00000288. The van der Waals surface area contributed by atoms with Crippen LogP contribution in [0.2, 0.25) is 5.02 Å². The normalized spacial score (nSPS) is 16.2. The van der Waals surface area contributed by atoms with Gasteiger partial charge in [-0.3, -0.25) is 9.59 Å². The third-order valence-corrected chi connectivity index (χ3v) is 4.19. The minimum Gasteiger partial charge on any atom is -0.343 e. The van der Waals surface area contributed by atoms with Crippen molar-refractivity contribution in [3.05, 3.63) is 29.0 Å². The van der Waals surface area contributed by atoms with E-state index >= 15 is 0 Å². The number of nitrogens with one attached hydrogen (secondary N) is 1. The zero-order valence-corrected chi connectivity index (χ0v) is 15.0. The van der Waals surface area contributed by atoms with Crippen LogP contribution in [0.3, 0.4) is 0 Å². The highest BCUT2D eigenvalue weighted by Gasteiger charge is 2.27. The largest absolute Gasteiger partial charge is 0.343 e. The number of halogens is 3. The van der Waals surface area contributed by atoms with E-state index in [4.69, 9.17) is 17.3 Å². The van der Waals surface area contributed by atoms with E-state index in [1.165, 1.54) is 18.2 Å². The Morgan fingerprint density at radius 1 is 1.42 bits per heavy atom. The van der Waals surface area contributed by atoms with Gasteiger partial charge in [0.1, 0.15) is 5.82 Å². The molecule has 8 heteroatoms. The maximum Gasteiger partial charge on any atom is 0.227 e. The lowest BCUT2D eigenvalue weighted by molar-refractivity contribution is -0.134. The lowest BCUT2D eigenvalue weighted by Gasteiger charge is -2.31. The number of nitrogens with zero attached hydrogens (tertiary/aromatic N) is 1. The van der Waals surface area contributed by atoms with Gasteiger partial charge in [0.25, 0.3) is 0 Å². The van der Waals surface area contributed by atoms with Gasteiger partial charge in [-0.1, -0.05) is 11.6 Å². The summed E-state index contributed by atoms with van der Waals surface area (Å²) in [5.74, 6) is -0.792. The number of carbonyl (C=O) groups excluding carboxylic acids is 2. The van der Waals surface area contributed by atoms with Gasteiger partial charge in [-0.05, 0) is 38.0 Å². The van der Waals surface area contributed by atoms with Crippen LogP contribution in [0, 0.1) is 11.7 Å². The van der Waals surface area contributed by atoms with Crippen molar-refractivity contribution in [1.82, 2.24) is 4.90 Å². The molecule has 5 nitrogen and oxygen atoms in total. The molecule has 0 aliphatic carbocycles. The summed E-state index contributed by atoms with van der Waals surface area (Å²) in [6.07, 6.45) is 1.53. The van der Waals surface area contributed by atoms with E-state index < -0.39 is 5.82 Å². The molecular weight excluding hydrogens is 356 g/mol. The van der Waals surface area contributed by atoms with E-state index in [1.54, 1.807) is 11.8 Å². The third-order valence-electron chi connectivity index (χ3n) is 3.90. The van der Waals surface area contributed by atoms with Crippen LogP contribution in [0.25, 0.3) is 0 Å². The Morgan fingerprint density at radius 2 is 2.04 bits per heavy atom. The second kappa shape index (κ2) is 9.20. The fraction of sp³-hybridized carbons (Fsp3) is 0.500. The van der Waals surface area contributed by atoms with Gasteiger partial charge in [0.2, 0.25) is 11.8 Å². The number of piperidine rings is 1. The van der Waals surface area contributed by atoms with Crippen molar-refractivity contribution in [2.45, 2.75) is 32.2 Å². The molecule has 1 heterocycles. The van der Waals surface area contributed by atoms with Gasteiger partial charge in [-0.15, -0.1) is 12.4 Å². The van der Waals surface area contributed by atoms with E-state index in [2.05, 4.69) is 5.32 Å². The summed E-state index contributed by atoms with van der Waals surface area (Å²) in [5, 5.41) is 2.71. The smallest absolute Gasteiger partial charge is 0.227 e. The number of anilines is 1. The van der Waals surface area contributed by atoms with E-state index in [-0.39, 0.29) is 41.2 Å². The fourth-order valence-electron chi connectivity index (χ4n) is 2.61. The van der Waals surface area contributed by atoms with Crippen LogP contribution in [0.1, 0.15) is 26.2 Å². The van der Waals surface area contributed by atoms with Crippen LogP contribution in [0.5, 0.6) is 0 Å².